The third-order valence-corrected chi connectivity index (χ3v) is 3.31. The molecule has 1 fully saturated rings. The van der Waals surface area contributed by atoms with Crippen LogP contribution in [0.15, 0.2) is 0 Å². The van der Waals surface area contributed by atoms with Gasteiger partial charge < -0.3 is 20.3 Å². The van der Waals surface area contributed by atoms with E-state index in [1.165, 1.54) is 0 Å². The Hall–Kier alpha value is -0.0700. The maximum Gasteiger partial charge on any atom is 0.250 e. The predicted octanol–water partition coefficient (Wildman–Crippen LogP) is 1.06. The molecule has 1 heterocycles. The van der Waals surface area contributed by atoms with Crippen molar-refractivity contribution in [3.8, 4) is 0 Å². The molecule has 1 unspecified atom stereocenters. The van der Waals surface area contributed by atoms with Crippen molar-refractivity contribution in [3.05, 3.63) is 0 Å². The van der Waals surface area contributed by atoms with Crippen LogP contribution in [0.3, 0.4) is 0 Å². The number of unbranched alkanes of at least 4 members (excludes halogenated alkanes) is 1. The van der Waals surface area contributed by atoms with Gasteiger partial charge in [-0.3, -0.25) is 4.79 Å². The Labute approximate surface area is 135 Å². The highest BCUT2D eigenvalue weighted by Crippen LogP contribution is 1.97. The van der Waals surface area contributed by atoms with Crippen LogP contribution in [0, 0.1) is 0 Å². The van der Waals surface area contributed by atoms with Crippen LogP contribution in [-0.4, -0.2) is 62.8 Å². The SMILES string of the molecule is CCN(CC)CCCCNC(=O)C1CNCCO1.Cl.Cl. The van der Waals surface area contributed by atoms with Gasteiger partial charge in [-0.2, -0.15) is 0 Å². The van der Waals surface area contributed by atoms with Crippen LogP contribution < -0.4 is 10.6 Å². The van der Waals surface area contributed by atoms with E-state index < -0.39 is 0 Å². The first kappa shape index (κ1) is 22.2. The quantitative estimate of drug-likeness (QED) is 0.654. The van der Waals surface area contributed by atoms with Gasteiger partial charge in [0.1, 0.15) is 6.10 Å². The van der Waals surface area contributed by atoms with Crippen LogP contribution in [0.2, 0.25) is 0 Å². The summed E-state index contributed by atoms with van der Waals surface area (Å²) in [5.41, 5.74) is 0. The highest BCUT2D eigenvalue weighted by molar-refractivity contribution is 5.85. The molecule has 0 radical (unpaired) electrons. The van der Waals surface area contributed by atoms with E-state index in [4.69, 9.17) is 4.74 Å². The lowest BCUT2D eigenvalue weighted by Gasteiger charge is -2.22. The van der Waals surface area contributed by atoms with E-state index >= 15 is 0 Å². The molecule has 7 heteroatoms. The Balaban J connectivity index is 0. The van der Waals surface area contributed by atoms with Crippen molar-refractivity contribution in [1.82, 2.24) is 15.5 Å². The van der Waals surface area contributed by atoms with Crippen molar-refractivity contribution < 1.29 is 9.53 Å². The summed E-state index contributed by atoms with van der Waals surface area (Å²) in [5.74, 6) is 0.0186. The maximum absolute atomic E-state index is 11.7. The molecule has 122 valence electrons. The van der Waals surface area contributed by atoms with Crippen molar-refractivity contribution in [3.63, 3.8) is 0 Å². The molecule has 0 saturated carbocycles. The number of amides is 1. The lowest BCUT2D eigenvalue weighted by Crippen LogP contribution is -2.48. The summed E-state index contributed by atoms with van der Waals surface area (Å²) < 4.78 is 5.39. The van der Waals surface area contributed by atoms with Crippen molar-refractivity contribution in [2.24, 2.45) is 0 Å². The molecule has 2 N–H and O–H groups in total. The molecule has 5 nitrogen and oxygen atoms in total. The molecule has 0 aromatic carbocycles. The van der Waals surface area contributed by atoms with E-state index in [0.717, 1.165) is 45.6 Å². The second kappa shape index (κ2) is 13.9. The molecule has 0 aliphatic carbocycles. The Kier molecular flexibility index (Phi) is 15.4. The molecule has 20 heavy (non-hydrogen) atoms. The molecule has 1 saturated heterocycles. The molecular weight excluding hydrogens is 301 g/mol. The molecule has 1 amide bonds. The normalized spacial score (nSPS) is 18.1. The number of nitrogens with one attached hydrogen (secondary N) is 2. The summed E-state index contributed by atoms with van der Waals surface area (Å²) in [4.78, 5) is 14.1. The summed E-state index contributed by atoms with van der Waals surface area (Å²) in [6.45, 7) is 10.5. The number of rotatable bonds is 8. The van der Waals surface area contributed by atoms with Gasteiger partial charge in [-0.25, -0.2) is 0 Å². The minimum absolute atomic E-state index is 0. The van der Waals surface area contributed by atoms with Gasteiger partial charge in [-0.1, -0.05) is 13.8 Å². The molecule has 1 aliphatic rings. The van der Waals surface area contributed by atoms with Gasteiger partial charge in [-0.15, -0.1) is 24.8 Å². The number of carbonyl (C=O) groups is 1. The monoisotopic (exact) mass is 329 g/mol. The first-order valence-corrected chi connectivity index (χ1v) is 7.10. The van der Waals surface area contributed by atoms with Crippen molar-refractivity contribution >= 4 is 30.7 Å². The zero-order chi connectivity index (χ0) is 13.2. The zero-order valence-electron chi connectivity index (χ0n) is 12.5. The third-order valence-electron chi connectivity index (χ3n) is 3.31. The molecule has 1 atom stereocenters. The Bertz CT molecular complexity index is 236. The summed E-state index contributed by atoms with van der Waals surface area (Å²) in [6.07, 6.45) is 1.86. The van der Waals surface area contributed by atoms with Crippen LogP contribution in [0.1, 0.15) is 26.7 Å². The Morgan fingerprint density at radius 2 is 2.00 bits per heavy atom. The topological polar surface area (TPSA) is 53.6 Å². The fourth-order valence-corrected chi connectivity index (χ4v) is 2.06. The van der Waals surface area contributed by atoms with Crippen LogP contribution in [0.25, 0.3) is 0 Å². The number of nitrogens with zero attached hydrogens (tertiary/aromatic N) is 1. The van der Waals surface area contributed by atoms with E-state index in [2.05, 4.69) is 29.4 Å². The van der Waals surface area contributed by atoms with Gasteiger partial charge >= 0.3 is 0 Å². The number of ether oxygens (including phenoxy) is 1. The molecule has 0 aromatic rings. The molecule has 0 spiro atoms. The standard InChI is InChI=1S/C13H27N3O2.2ClH/c1-3-16(4-2)9-6-5-7-15-13(17)12-11-14-8-10-18-12;;/h12,14H,3-11H2,1-2H3,(H,15,17);2*1H. The van der Waals surface area contributed by atoms with Gasteiger partial charge in [-0.05, 0) is 32.5 Å². The molecular formula is C13H29Cl2N3O2. The molecule has 1 rings (SSSR count). The number of morpholine rings is 1. The first-order valence-electron chi connectivity index (χ1n) is 7.10. The lowest BCUT2D eigenvalue weighted by atomic mass is 10.2. The van der Waals surface area contributed by atoms with Gasteiger partial charge in [0.2, 0.25) is 5.91 Å². The summed E-state index contributed by atoms with van der Waals surface area (Å²) in [7, 11) is 0. The van der Waals surface area contributed by atoms with Gasteiger partial charge in [0, 0.05) is 19.6 Å². The van der Waals surface area contributed by atoms with E-state index in [9.17, 15) is 4.79 Å². The zero-order valence-corrected chi connectivity index (χ0v) is 14.2. The van der Waals surface area contributed by atoms with Crippen LogP contribution in [-0.2, 0) is 9.53 Å². The highest BCUT2D eigenvalue weighted by Gasteiger charge is 2.20. The van der Waals surface area contributed by atoms with E-state index in [0.29, 0.717) is 13.2 Å². The van der Waals surface area contributed by atoms with E-state index in [-0.39, 0.29) is 36.8 Å². The number of hydrogen-bond acceptors (Lipinski definition) is 4. The minimum atomic E-state index is -0.304. The molecule has 0 bridgehead atoms. The number of halogens is 2. The molecule has 1 aliphatic heterocycles. The number of hydrogen-bond donors (Lipinski definition) is 2. The molecule has 0 aromatic heterocycles. The number of carbonyl (C=O) groups excluding carboxylic acids is 1. The third kappa shape index (κ3) is 8.97. The smallest absolute Gasteiger partial charge is 0.250 e. The second-order valence-corrected chi connectivity index (χ2v) is 4.59. The van der Waals surface area contributed by atoms with Crippen molar-refractivity contribution in [2.45, 2.75) is 32.8 Å². The fourth-order valence-electron chi connectivity index (χ4n) is 2.06. The first-order chi connectivity index (χ1) is 8.77. The maximum atomic E-state index is 11.7. The Morgan fingerprint density at radius 3 is 2.55 bits per heavy atom. The Morgan fingerprint density at radius 1 is 1.30 bits per heavy atom. The summed E-state index contributed by atoms with van der Waals surface area (Å²) >= 11 is 0. The average molecular weight is 330 g/mol. The van der Waals surface area contributed by atoms with Gasteiger partial charge in [0.05, 0.1) is 6.61 Å². The average Bonchev–Trinajstić information content (AvgIpc) is 2.43. The predicted molar refractivity (Wildman–Crippen MR) is 87.1 cm³/mol. The van der Waals surface area contributed by atoms with Crippen molar-refractivity contribution in [1.29, 1.82) is 0 Å². The summed E-state index contributed by atoms with van der Waals surface area (Å²) in [5, 5.41) is 6.09. The van der Waals surface area contributed by atoms with E-state index in [1.54, 1.807) is 0 Å². The van der Waals surface area contributed by atoms with Crippen LogP contribution in [0.5, 0.6) is 0 Å². The summed E-state index contributed by atoms with van der Waals surface area (Å²) in [6, 6.07) is 0. The van der Waals surface area contributed by atoms with Gasteiger partial charge in [0.15, 0.2) is 0 Å². The largest absolute Gasteiger partial charge is 0.366 e. The van der Waals surface area contributed by atoms with E-state index in [1.807, 2.05) is 0 Å². The minimum Gasteiger partial charge on any atom is -0.366 e. The van der Waals surface area contributed by atoms with Crippen LogP contribution in [0.4, 0.5) is 0 Å². The second-order valence-electron chi connectivity index (χ2n) is 4.59. The van der Waals surface area contributed by atoms with Crippen LogP contribution >= 0.6 is 24.8 Å². The van der Waals surface area contributed by atoms with Crippen molar-refractivity contribution in [2.75, 3.05) is 45.9 Å². The lowest BCUT2D eigenvalue weighted by molar-refractivity contribution is -0.134. The highest BCUT2D eigenvalue weighted by atomic mass is 35.5. The van der Waals surface area contributed by atoms with Gasteiger partial charge in [0.25, 0.3) is 0 Å². The fraction of sp³-hybridized carbons (Fsp3) is 0.923.